The minimum Gasteiger partial charge on any atom is -0.411 e. The van der Waals surface area contributed by atoms with E-state index in [4.69, 9.17) is 9.94 Å². The van der Waals surface area contributed by atoms with Crippen LogP contribution in [0.4, 0.5) is 0 Å². The molecule has 1 rings (SSSR count). The molecule has 0 spiro atoms. The summed E-state index contributed by atoms with van der Waals surface area (Å²) in [4.78, 5) is 0. The zero-order chi connectivity index (χ0) is 8.27. The quantitative estimate of drug-likeness (QED) is 0.464. The second-order valence-corrected chi connectivity index (χ2v) is 3.27. The molecule has 11 heavy (non-hydrogen) atoms. The predicted octanol–water partition coefficient (Wildman–Crippen LogP) is 1.65. The fraction of sp³-hybridized carbons (Fsp3) is 0.875. The third kappa shape index (κ3) is 2.19. The number of oxime groups is 1. The Morgan fingerprint density at radius 1 is 1.64 bits per heavy atom. The van der Waals surface area contributed by atoms with Gasteiger partial charge in [0.2, 0.25) is 0 Å². The number of nitrogens with zero attached hydrogens (tertiary/aromatic N) is 1. The molecule has 0 amide bonds. The molecule has 1 saturated heterocycles. The second kappa shape index (κ2) is 3.72. The summed E-state index contributed by atoms with van der Waals surface area (Å²) < 4.78 is 5.48. The van der Waals surface area contributed by atoms with Crippen molar-refractivity contribution in [3.05, 3.63) is 0 Å². The highest BCUT2D eigenvalue weighted by molar-refractivity contribution is 5.84. The Morgan fingerprint density at radius 2 is 2.36 bits per heavy atom. The van der Waals surface area contributed by atoms with Gasteiger partial charge in [-0.1, -0.05) is 19.0 Å². The van der Waals surface area contributed by atoms with Crippen LogP contribution in [-0.4, -0.2) is 23.6 Å². The summed E-state index contributed by atoms with van der Waals surface area (Å²) in [6.07, 6.45) is 1.81. The Morgan fingerprint density at radius 3 is 2.91 bits per heavy atom. The van der Waals surface area contributed by atoms with Gasteiger partial charge in [0.25, 0.3) is 0 Å². The smallest absolute Gasteiger partial charge is 0.0651 e. The van der Waals surface area contributed by atoms with E-state index in [1.165, 1.54) is 0 Å². The first kappa shape index (κ1) is 8.53. The molecule has 1 unspecified atom stereocenters. The van der Waals surface area contributed by atoms with Gasteiger partial charge >= 0.3 is 0 Å². The van der Waals surface area contributed by atoms with Crippen LogP contribution >= 0.6 is 0 Å². The molecule has 0 aromatic carbocycles. The highest BCUT2D eigenvalue weighted by Crippen LogP contribution is 2.17. The average Bonchev–Trinajstić information content (AvgIpc) is 2.05. The summed E-state index contributed by atoms with van der Waals surface area (Å²) in [6.45, 7) is 4.93. The summed E-state index contributed by atoms with van der Waals surface area (Å²) in [5, 5.41) is 11.7. The lowest BCUT2D eigenvalue weighted by Gasteiger charge is -2.26. The van der Waals surface area contributed by atoms with Crippen molar-refractivity contribution in [3.63, 3.8) is 0 Å². The highest BCUT2D eigenvalue weighted by Gasteiger charge is 2.21. The summed E-state index contributed by atoms with van der Waals surface area (Å²) in [6, 6.07) is 0. The topological polar surface area (TPSA) is 41.8 Å². The molecule has 0 saturated carbocycles. The van der Waals surface area contributed by atoms with E-state index >= 15 is 0 Å². The van der Waals surface area contributed by atoms with Crippen LogP contribution in [0.25, 0.3) is 0 Å². The summed E-state index contributed by atoms with van der Waals surface area (Å²) in [5.41, 5.74) is 0.870. The van der Waals surface area contributed by atoms with E-state index in [1.807, 2.05) is 0 Å². The van der Waals surface area contributed by atoms with Gasteiger partial charge in [-0.3, -0.25) is 0 Å². The first-order chi connectivity index (χ1) is 5.24. The molecule has 0 aromatic rings. The molecule has 3 heteroatoms. The lowest BCUT2D eigenvalue weighted by Crippen LogP contribution is -2.29. The van der Waals surface area contributed by atoms with Crippen LogP contribution in [0, 0.1) is 5.92 Å². The molecule has 1 fully saturated rings. The van der Waals surface area contributed by atoms with Crippen LogP contribution in [0.2, 0.25) is 0 Å². The van der Waals surface area contributed by atoms with Crippen molar-refractivity contribution in [2.24, 2.45) is 11.1 Å². The Labute approximate surface area is 67.0 Å². The number of ether oxygens (including phenoxy) is 1. The first-order valence-corrected chi connectivity index (χ1v) is 4.05. The Balaban J connectivity index is 2.46. The van der Waals surface area contributed by atoms with Crippen molar-refractivity contribution in [1.82, 2.24) is 0 Å². The normalized spacial score (nSPS) is 29.7. The number of rotatable bonds is 1. The van der Waals surface area contributed by atoms with E-state index in [0.717, 1.165) is 18.6 Å². The molecular weight excluding hydrogens is 142 g/mol. The van der Waals surface area contributed by atoms with Crippen molar-refractivity contribution in [2.45, 2.75) is 32.8 Å². The van der Waals surface area contributed by atoms with Gasteiger partial charge in [0.05, 0.1) is 18.4 Å². The van der Waals surface area contributed by atoms with Crippen LogP contribution in [0.3, 0.4) is 0 Å². The summed E-state index contributed by atoms with van der Waals surface area (Å²) in [5.74, 6) is 0.507. The third-order valence-electron chi connectivity index (χ3n) is 2.04. The van der Waals surface area contributed by atoms with Crippen molar-refractivity contribution >= 4 is 5.71 Å². The van der Waals surface area contributed by atoms with Crippen molar-refractivity contribution in [2.75, 3.05) is 6.61 Å². The van der Waals surface area contributed by atoms with E-state index < -0.39 is 0 Å². The van der Waals surface area contributed by atoms with Crippen LogP contribution < -0.4 is 0 Å². The average molecular weight is 157 g/mol. The van der Waals surface area contributed by atoms with E-state index in [0.29, 0.717) is 12.5 Å². The van der Waals surface area contributed by atoms with Crippen LogP contribution in [0.1, 0.15) is 26.7 Å². The standard InChI is InChI=1S/C8H15NO2/c1-6(2)8-5-7(9-10)3-4-11-8/h6,8,10H,3-5H2,1-2H3/b9-7-. The van der Waals surface area contributed by atoms with Gasteiger partial charge in [-0.15, -0.1) is 0 Å². The van der Waals surface area contributed by atoms with Gasteiger partial charge < -0.3 is 9.94 Å². The molecule has 1 N–H and O–H groups in total. The molecule has 0 radical (unpaired) electrons. The molecular formula is C8H15NO2. The van der Waals surface area contributed by atoms with Gasteiger partial charge in [0.1, 0.15) is 0 Å². The largest absolute Gasteiger partial charge is 0.411 e. The maximum atomic E-state index is 8.52. The summed E-state index contributed by atoms with van der Waals surface area (Å²) in [7, 11) is 0. The molecule has 1 atom stereocenters. The molecule has 64 valence electrons. The second-order valence-electron chi connectivity index (χ2n) is 3.27. The van der Waals surface area contributed by atoms with Gasteiger partial charge in [0.15, 0.2) is 0 Å². The molecule has 1 aliphatic rings. The fourth-order valence-electron chi connectivity index (χ4n) is 1.24. The number of hydrogen-bond acceptors (Lipinski definition) is 3. The molecule has 3 nitrogen and oxygen atoms in total. The highest BCUT2D eigenvalue weighted by atomic mass is 16.5. The van der Waals surface area contributed by atoms with Crippen LogP contribution in [0.5, 0.6) is 0 Å². The Kier molecular flexibility index (Phi) is 2.88. The molecule has 1 aliphatic heterocycles. The van der Waals surface area contributed by atoms with Gasteiger partial charge in [-0.2, -0.15) is 0 Å². The van der Waals surface area contributed by atoms with Gasteiger partial charge in [-0.05, 0) is 5.92 Å². The molecule has 1 heterocycles. The van der Waals surface area contributed by atoms with E-state index in [2.05, 4.69) is 19.0 Å². The van der Waals surface area contributed by atoms with Crippen LogP contribution in [0.15, 0.2) is 5.16 Å². The fourth-order valence-corrected chi connectivity index (χ4v) is 1.24. The number of hydrogen-bond donors (Lipinski definition) is 1. The van der Waals surface area contributed by atoms with Crippen LogP contribution in [-0.2, 0) is 4.74 Å². The first-order valence-electron chi connectivity index (χ1n) is 4.05. The predicted molar refractivity (Wildman–Crippen MR) is 43.0 cm³/mol. The maximum absolute atomic E-state index is 8.52. The summed E-state index contributed by atoms with van der Waals surface area (Å²) >= 11 is 0. The van der Waals surface area contributed by atoms with E-state index in [9.17, 15) is 0 Å². The van der Waals surface area contributed by atoms with Crippen molar-refractivity contribution in [3.8, 4) is 0 Å². The zero-order valence-electron chi connectivity index (χ0n) is 7.08. The van der Waals surface area contributed by atoms with Crippen molar-refractivity contribution in [1.29, 1.82) is 0 Å². The Hall–Kier alpha value is -0.570. The Bertz CT molecular complexity index is 154. The minimum absolute atomic E-state index is 0.245. The monoisotopic (exact) mass is 157 g/mol. The lowest BCUT2D eigenvalue weighted by atomic mass is 9.98. The van der Waals surface area contributed by atoms with Gasteiger partial charge in [-0.25, -0.2) is 0 Å². The zero-order valence-corrected chi connectivity index (χ0v) is 7.08. The third-order valence-corrected chi connectivity index (χ3v) is 2.04. The van der Waals surface area contributed by atoms with Gasteiger partial charge in [0, 0.05) is 12.8 Å². The molecule has 0 aliphatic carbocycles. The minimum atomic E-state index is 0.245. The lowest BCUT2D eigenvalue weighted by molar-refractivity contribution is 0.0186. The van der Waals surface area contributed by atoms with Crippen molar-refractivity contribution < 1.29 is 9.94 Å². The molecule has 0 aromatic heterocycles. The SMILES string of the molecule is CC(C)C1C/C(=N\O)CCO1. The van der Waals surface area contributed by atoms with E-state index in [-0.39, 0.29) is 6.10 Å². The van der Waals surface area contributed by atoms with E-state index in [1.54, 1.807) is 0 Å². The molecule has 0 bridgehead atoms. The maximum Gasteiger partial charge on any atom is 0.0651 e.